The Bertz CT molecular complexity index is 767. The molecule has 1 aliphatic carbocycles. The maximum Gasteiger partial charge on any atom is 0.433 e. The second-order valence-corrected chi connectivity index (χ2v) is 6.85. The summed E-state index contributed by atoms with van der Waals surface area (Å²) < 4.78 is 39.3. The van der Waals surface area contributed by atoms with E-state index in [2.05, 4.69) is 25.9 Å². The summed E-state index contributed by atoms with van der Waals surface area (Å²) in [6, 6.07) is 5.12. The van der Waals surface area contributed by atoms with Crippen molar-refractivity contribution in [3.05, 3.63) is 47.7 Å². The molecule has 5 nitrogen and oxygen atoms in total. The first-order chi connectivity index (χ1) is 12.5. The van der Waals surface area contributed by atoms with Crippen molar-refractivity contribution in [3.8, 4) is 0 Å². The van der Waals surface area contributed by atoms with Gasteiger partial charge in [0, 0.05) is 56.6 Å². The number of hydrogen-bond acceptors (Lipinski definition) is 5. The minimum atomic E-state index is -4.42. The van der Waals surface area contributed by atoms with E-state index in [4.69, 9.17) is 0 Å². The second-order valence-electron chi connectivity index (χ2n) is 6.85. The van der Waals surface area contributed by atoms with Gasteiger partial charge in [-0.3, -0.25) is 9.88 Å². The molecule has 1 saturated carbocycles. The number of pyridine rings is 1. The molecule has 2 aromatic rings. The first-order valence-corrected chi connectivity index (χ1v) is 8.81. The largest absolute Gasteiger partial charge is 0.433 e. The van der Waals surface area contributed by atoms with Crippen molar-refractivity contribution in [1.29, 1.82) is 0 Å². The Labute approximate surface area is 149 Å². The quantitative estimate of drug-likeness (QED) is 0.835. The fourth-order valence-corrected chi connectivity index (χ4v) is 3.33. The summed E-state index contributed by atoms with van der Waals surface area (Å²) in [4.78, 5) is 16.4. The molecule has 0 unspecified atom stereocenters. The monoisotopic (exact) mass is 363 g/mol. The van der Waals surface area contributed by atoms with E-state index in [1.165, 1.54) is 25.1 Å². The van der Waals surface area contributed by atoms with E-state index in [1.54, 1.807) is 12.4 Å². The third-order valence-electron chi connectivity index (χ3n) is 4.92. The number of anilines is 1. The Balaban J connectivity index is 1.39. The van der Waals surface area contributed by atoms with Gasteiger partial charge < -0.3 is 4.90 Å². The van der Waals surface area contributed by atoms with Gasteiger partial charge in [0.15, 0.2) is 0 Å². The van der Waals surface area contributed by atoms with Crippen LogP contribution in [-0.4, -0.2) is 46.0 Å². The maximum absolute atomic E-state index is 13.1. The van der Waals surface area contributed by atoms with Crippen molar-refractivity contribution >= 4 is 5.82 Å². The Kier molecular flexibility index (Phi) is 4.52. The summed E-state index contributed by atoms with van der Waals surface area (Å²) in [7, 11) is 0. The molecule has 1 saturated heterocycles. The minimum Gasteiger partial charge on any atom is -0.354 e. The zero-order valence-corrected chi connectivity index (χ0v) is 14.3. The molecule has 0 radical (unpaired) electrons. The standard InChI is InChI=1S/C18H20F3N5/c19-18(20,21)17-14(2-1-5-22-17)11-25-6-8-26(9-7-25)16-10-15(13-3-4-13)23-12-24-16/h1-2,5,10,12-13H,3-4,6-9,11H2. The molecule has 26 heavy (non-hydrogen) atoms. The van der Waals surface area contributed by atoms with Crippen LogP contribution in [0.2, 0.25) is 0 Å². The van der Waals surface area contributed by atoms with Gasteiger partial charge in [0.2, 0.25) is 0 Å². The smallest absolute Gasteiger partial charge is 0.354 e. The Morgan fingerprint density at radius 2 is 1.81 bits per heavy atom. The Hall–Kier alpha value is -2.22. The van der Waals surface area contributed by atoms with Gasteiger partial charge in [0.05, 0.1) is 0 Å². The molecule has 0 aromatic carbocycles. The average molecular weight is 363 g/mol. The van der Waals surface area contributed by atoms with E-state index < -0.39 is 11.9 Å². The molecular formula is C18H20F3N5. The number of rotatable bonds is 4. The summed E-state index contributed by atoms with van der Waals surface area (Å²) in [6.45, 7) is 3.11. The number of nitrogens with zero attached hydrogens (tertiary/aromatic N) is 5. The first kappa shape index (κ1) is 17.2. The number of aromatic nitrogens is 3. The fourth-order valence-electron chi connectivity index (χ4n) is 3.33. The van der Waals surface area contributed by atoms with Gasteiger partial charge in [0.1, 0.15) is 17.8 Å². The molecular weight excluding hydrogens is 343 g/mol. The highest BCUT2D eigenvalue weighted by molar-refractivity contribution is 5.41. The predicted octanol–water partition coefficient (Wildman–Crippen LogP) is 3.09. The SMILES string of the molecule is FC(F)(F)c1ncccc1CN1CCN(c2cc(C3CC3)ncn2)CC1. The molecule has 0 N–H and O–H groups in total. The summed E-state index contributed by atoms with van der Waals surface area (Å²) in [5, 5.41) is 0. The molecule has 4 rings (SSSR count). The molecule has 0 atom stereocenters. The van der Waals surface area contributed by atoms with E-state index in [0.29, 0.717) is 19.0 Å². The van der Waals surface area contributed by atoms with E-state index in [0.717, 1.165) is 24.6 Å². The van der Waals surface area contributed by atoms with E-state index in [9.17, 15) is 13.2 Å². The van der Waals surface area contributed by atoms with Crippen LogP contribution in [0.25, 0.3) is 0 Å². The van der Waals surface area contributed by atoms with E-state index in [1.807, 2.05) is 4.90 Å². The van der Waals surface area contributed by atoms with Crippen molar-refractivity contribution in [2.24, 2.45) is 0 Å². The van der Waals surface area contributed by atoms with Crippen molar-refractivity contribution in [2.75, 3.05) is 31.1 Å². The second kappa shape index (κ2) is 6.83. The van der Waals surface area contributed by atoms with Gasteiger partial charge in [-0.15, -0.1) is 0 Å². The summed E-state index contributed by atoms with van der Waals surface area (Å²) in [5.74, 6) is 1.49. The van der Waals surface area contributed by atoms with Crippen LogP contribution in [-0.2, 0) is 12.7 Å². The maximum atomic E-state index is 13.1. The molecule has 3 heterocycles. The third kappa shape index (κ3) is 3.80. The van der Waals surface area contributed by atoms with E-state index in [-0.39, 0.29) is 12.1 Å². The Morgan fingerprint density at radius 3 is 2.50 bits per heavy atom. The van der Waals surface area contributed by atoms with Gasteiger partial charge in [-0.1, -0.05) is 6.07 Å². The average Bonchev–Trinajstić information content (AvgIpc) is 3.47. The highest BCUT2D eigenvalue weighted by Crippen LogP contribution is 2.39. The van der Waals surface area contributed by atoms with Gasteiger partial charge in [-0.2, -0.15) is 13.2 Å². The van der Waals surface area contributed by atoms with Crippen molar-refractivity contribution in [1.82, 2.24) is 19.9 Å². The molecule has 2 aliphatic rings. The minimum absolute atomic E-state index is 0.228. The molecule has 8 heteroatoms. The van der Waals surface area contributed by atoms with Gasteiger partial charge in [-0.25, -0.2) is 9.97 Å². The number of piperazine rings is 1. The highest BCUT2D eigenvalue weighted by atomic mass is 19.4. The van der Waals surface area contributed by atoms with Gasteiger partial charge in [-0.05, 0) is 24.5 Å². The normalized spacial score (nSPS) is 19.0. The molecule has 2 fully saturated rings. The van der Waals surface area contributed by atoms with Crippen LogP contribution in [0.3, 0.4) is 0 Å². The zero-order valence-electron chi connectivity index (χ0n) is 14.3. The topological polar surface area (TPSA) is 45.2 Å². The highest BCUT2D eigenvalue weighted by Gasteiger charge is 2.35. The van der Waals surface area contributed by atoms with Crippen molar-refractivity contribution < 1.29 is 13.2 Å². The lowest BCUT2D eigenvalue weighted by atomic mass is 10.1. The van der Waals surface area contributed by atoms with E-state index >= 15 is 0 Å². The van der Waals surface area contributed by atoms with Crippen LogP contribution < -0.4 is 4.90 Å². The van der Waals surface area contributed by atoms with Crippen molar-refractivity contribution in [2.45, 2.75) is 31.5 Å². The van der Waals surface area contributed by atoms with Gasteiger partial charge in [0.25, 0.3) is 0 Å². The van der Waals surface area contributed by atoms with Crippen LogP contribution in [0.4, 0.5) is 19.0 Å². The van der Waals surface area contributed by atoms with Crippen LogP contribution in [0.1, 0.15) is 35.7 Å². The number of alkyl halides is 3. The fraction of sp³-hybridized carbons (Fsp3) is 0.500. The lowest BCUT2D eigenvalue weighted by Gasteiger charge is -2.35. The molecule has 0 bridgehead atoms. The van der Waals surface area contributed by atoms with Crippen LogP contribution >= 0.6 is 0 Å². The number of hydrogen-bond donors (Lipinski definition) is 0. The lowest BCUT2D eigenvalue weighted by molar-refractivity contribution is -0.142. The molecule has 2 aromatic heterocycles. The summed E-state index contributed by atoms with van der Waals surface area (Å²) in [5.41, 5.74) is 0.543. The Morgan fingerprint density at radius 1 is 1.04 bits per heavy atom. The van der Waals surface area contributed by atoms with Gasteiger partial charge >= 0.3 is 6.18 Å². The van der Waals surface area contributed by atoms with Crippen LogP contribution in [0.5, 0.6) is 0 Å². The van der Waals surface area contributed by atoms with Crippen LogP contribution in [0.15, 0.2) is 30.7 Å². The first-order valence-electron chi connectivity index (χ1n) is 8.81. The zero-order chi connectivity index (χ0) is 18.1. The number of halogens is 3. The van der Waals surface area contributed by atoms with Crippen molar-refractivity contribution in [3.63, 3.8) is 0 Å². The summed E-state index contributed by atoms with van der Waals surface area (Å²) in [6.07, 6.45) is 0.768. The molecule has 0 amide bonds. The van der Waals surface area contributed by atoms with Crippen LogP contribution in [0, 0.1) is 0 Å². The predicted molar refractivity (Wildman–Crippen MR) is 90.7 cm³/mol. The molecule has 138 valence electrons. The summed E-state index contributed by atoms with van der Waals surface area (Å²) >= 11 is 0. The molecule has 1 aliphatic heterocycles. The molecule has 0 spiro atoms. The lowest BCUT2D eigenvalue weighted by Crippen LogP contribution is -2.46. The third-order valence-corrected chi connectivity index (χ3v) is 4.92.